The summed E-state index contributed by atoms with van der Waals surface area (Å²) in [5.41, 5.74) is 2.17. The Hall–Kier alpha value is -1.92. The molecule has 0 spiro atoms. The summed E-state index contributed by atoms with van der Waals surface area (Å²) in [6.07, 6.45) is 3.47. The molecule has 1 N–H and O–H groups in total. The van der Waals surface area contributed by atoms with Gasteiger partial charge in [-0.15, -0.1) is 11.3 Å². The number of nitrogens with zero attached hydrogens (tertiary/aromatic N) is 2. The molecular formula is C21H23N3OS2. The highest BCUT2D eigenvalue weighted by atomic mass is 32.2. The largest absolute Gasteiger partial charge is 0.370 e. The van der Waals surface area contributed by atoms with Gasteiger partial charge in [0, 0.05) is 17.0 Å². The van der Waals surface area contributed by atoms with Crippen molar-refractivity contribution in [3.05, 3.63) is 46.3 Å². The van der Waals surface area contributed by atoms with Crippen LogP contribution in [0.2, 0.25) is 0 Å². The first-order chi connectivity index (χ1) is 13.2. The number of fused-ring (bicyclic) bond motifs is 3. The molecule has 0 bridgehead atoms. The average molecular weight is 398 g/mol. The molecule has 0 saturated carbocycles. The van der Waals surface area contributed by atoms with Crippen LogP contribution in [0.4, 0.5) is 5.82 Å². The maximum atomic E-state index is 12.4. The standard InChI is InChI=1S/C21H23N3OS2/c1-3-22-19-18-15-10-9-13(2)11-17(15)27-20(18)24-21(23-19)26-12-16(25)14-7-5-4-6-8-14/h4-8,13H,3,9-12H2,1-2H3,(H,22,23,24). The molecule has 1 aliphatic rings. The number of nitrogens with one attached hydrogen (secondary N) is 1. The Morgan fingerprint density at radius 1 is 1.30 bits per heavy atom. The normalized spacial score (nSPS) is 16.3. The smallest absolute Gasteiger partial charge is 0.191 e. The number of anilines is 1. The van der Waals surface area contributed by atoms with Gasteiger partial charge in [-0.05, 0) is 37.7 Å². The number of benzene rings is 1. The molecule has 0 aliphatic heterocycles. The second-order valence-corrected chi connectivity index (χ2v) is 9.02. The van der Waals surface area contributed by atoms with Crippen molar-refractivity contribution >= 4 is 44.9 Å². The molecule has 1 atom stereocenters. The molecule has 140 valence electrons. The lowest BCUT2D eigenvalue weighted by Gasteiger charge is -2.18. The summed E-state index contributed by atoms with van der Waals surface area (Å²) in [5.74, 6) is 2.11. The molecule has 4 nitrogen and oxygen atoms in total. The summed E-state index contributed by atoms with van der Waals surface area (Å²) in [4.78, 5) is 24.4. The van der Waals surface area contributed by atoms with Gasteiger partial charge in [0.25, 0.3) is 0 Å². The van der Waals surface area contributed by atoms with E-state index in [-0.39, 0.29) is 5.78 Å². The van der Waals surface area contributed by atoms with Crippen molar-refractivity contribution in [3.8, 4) is 0 Å². The van der Waals surface area contributed by atoms with Gasteiger partial charge in [-0.3, -0.25) is 4.79 Å². The number of hydrogen-bond donors (Lipinski definition) is 1. The second-order valence-electron chi connectivity index (χ2n) is 6.99. The Kier molecular flexibility index (Phi) is 5.45. The van der Waals surface area contributed by atoms with Gasteiger partial charge in [0.15, 0.2) is 10.9 Å². The number of hydrogen-bond acceptors (Lipinski definition) is 6. The van der Waals surface area contributed by atoms with E-state index in [0.717, 1.165) is 41.5 Å². The van der Waals surface area contributed by atoms with E-state index in [1.807, 2.05) is 30.3 Å². The number of aryl methyl sites for hydroxylation is 1. The zero-order valence-electron chi connectivity index (χ0n) is 15.6. The lowest BCUT2D eigenvalue weighted by atomic mass is 9.89. The predicted octanol–water partition coefficient (Wildman–Crippen LogP) is 5.22. The minimum Gasteiger partial charge on any atom is -0.370 e. The number of rotatable bonds is 6. The lowest BCUT2D eigenvalue weighted by Crippen LogP contribution is -2.09. The van der Waals surface area contributed by atoms with Crippen molar-refractivity contribution in [1.82, 2.24) is 9.97 Å². The fourth-order valence-corrected chi connectivity index (χ4v) is 5.70. The van der Waals surface area contributed by atoms with Gasteiger partial charge < -0.3 is 5.32 Å². The van der Waals surface area contributed by atoms with E-state index in [4.69, 9.17) is 9.97 Å². The topological polar surface area (TPSA) is 54.9 Å². The first kappa shape index (κ1) is 18.4. The van der Waals surface area contributed by atoms with Crippen LogP contribution in [0.5, 0.6) is 0 Å². The number of carbonyl (C=O) groups excluding carboxylic acids is 1. The van der Waals surface area contributed by atoms with Crippen LogP contribution in [-0.2, 0) is 12.8 Å². The molecular weight excluding hydrogens is 374 g/mol. The van der Waals surface area contributed by atoms with Crippen LogP contribution in [0.3, 0.4) is 0 Å². The number of thioether (sulfide) groups is 1. The summed E-state index contributed by atoms with van der Waals surface area (Å²) in [6, 6.07) is 9.40. The second kappa shape index (κ2) is 7.98. The Morgan fingerprint density at radius 2 is 2.11 bits per heavy atom. The minimum absolute atomic E-state index is 0.105. The zero-order chi connectivity index (χ0) is 18.8. The quantitative estimate of drug-likeness (QED) is 0.351. The third-order valence-electron chi connectivity index (χ3n) is 4.91. The number of Topliss-reactive ketones (excluding diaryl/α,β-unsaturated/α-hetero) is 1. The first-order valence-corrected chi connectivity index (χ1v) is 11.2. The zero-order valence-corrected chi connectivity index (χ0v) is 17.3. The number of thiophene rings is 1. The monoisotopic (exact) mass is 397 g/mol. The van der Waals surface area contributed by atoms with Gasteiger partial charge in [0.2, 0.25) is 0 Å². The van der Waals surface area contributed by atoms with E-state index in [2.05, 4.69) is 19.2 Å². The van der Waals surface area contributed by atoms with Crippen molar-refractivity contribution in [2.75, 3.05) is 17.6 Å². The van der Waals surface area contributed by atoms with Crippen LogP contribution < -0.4 is 5.32 Å². The van der Waals surface area contributed by atoms with Crippen LogP contribution >= 0.6 is 23.1 Å². The molecule has 0 radical (unpaired) electrons. The summed E-state index contributed by atoms with van der Waals surface area (Å²) >= 11 is 3.22. The molecule has 27 heavy (non-hydrogen) atoms. The molecule has 2 heterocycles. The third-order valence-corrected chi connectivity index (χ3v) is 6.90. The molecule has 1 aliphatic carbocycles. The highest BCUT2D eigenvalue weighted by Gasteiger charge is 2.24. The summed E-state index contributed by atoms with van der Waals surface area (Å²) in [7, 11) is 0. The maximum absolute atomic E-state index is 12.4. The van der Waals surface area contributed by atoms with Gasteiger partial charge in [0.05, 0.1) is 11.1 Å². The molecule has 0 amide bonds. The highest BCUT2D eigenvalue weighted by molar-refractivity contribution is 7.99. The number of carbonyl (C=O) groups is 1. The number of ketones is 1. The maximum Gasteiger partial charge on any atom is 0.191 e. The highest BCUT2D eigenvalue weighted by Crippen LogP contribution is 2.40. The van der Waals surface area contributed by atoms with Gasteiger partial charge in [-0.25, -0.2) is 9.97 Å². The van der Waals surface area contributed by atoms with E-state index in [9.17, 15) is 4.79 Å². The van der Waals surface area contributed by atoms with E-state index >= 15 is 0 Å². The van der Waals surface area contributed by atoms with Crippen molar-refractivity contribution in [2.45, 2.75) is 38.3 Å². The van der Waals surface area contributed by atoms with Crippen LogP contribution in [0, 0.1) is 5.92 Å². The summed E-state index contributed by atoms with van der Waals surface area (Å²) < 4.78 is 0. The van der Waals surface area contributed by atoms with Gasteiger partial charge in [-0.2, -0.15) is 0 Å². The van der Waals surface area contributed by atoms with Crippen LogP contribution in [0.1, 0.15) is 41.1 Å². The van der Waals surface area contributed by atoms with Crippen LogP contribution in [0.25, 0.3) is 10.2 Å². The molecule has 3 aromatic rings. The van der Waals surface area contributed by atoms with Crippen molar-refractivity contribution in [2.24, 2.45) is 5.92 Å². The fourth-order valence-electron chi connectivity index (χ4n) is 3.52. The van der Waals surface area contributed by atoms with Crippen molar-refractivity contribution < 1.29 is 4.79 Å². The van der Waals surface area contributed by atoms with E-state index in [0.29, 0.717) is 10.9 Å². The fraction of sp³-hybridized carbons (Fsp3) is 0.381. The molecule has 4 rings (SSSR count). The van der Waals surface area contributed by atoms with Gasteiger partial charge >= 0.3 is 0 Å². The summed E-state index contributed by atoms with van der Waals surface area (Å²) in [5, 5.41) is 5.29. The third kappa shape index (κ3) is 3.87. The Labute approximate surface area is 167 Å². The first-order valence-electron chi connectivity index (χ1n) is 9.43. The molecule has 6 heteroatoms. The SMILES string of the molecule is CCNc1nc(SCC(=O)c2ccccc2)nc2sc3c(c12)CCC(C)C3. The predicted molar refractivity (Wildman–Crippen MR) is 114 cm³/mol. The van der Waals surface area contributed by atoms with E-state index in [1.54, 1.807) is 11.3 Å². The van der Waals surface area contributed by atoms with Crippen molar-refractivity contribution in [3.63, 3.8) is 0 Å². The van der Waals surface area contributed by atoms with Crippen LogP contribution in [0.15, 0.2) is 35.5 Å². The van der Waals surface area contributed by atoms with E-state index in [1.165, 1.54) is 34.0 Å². The van der Waals surface area contributed by atoms with Crippen LogP contribution in [-0.4, -0.2) is 28.0 Å². The Bertz CT molecular complexity index is 968. The van der Waals surface area contributed by atoms with Crippen molar-refractivity contribution in [1.29, 1.82) is 0 Å². The molecule has 2 aromatic heterocycles. The molecule has 0 saturated heterocycles. The lowest BCUT2D eigenvalue weighted by molar-refractivity contribution is 0.102. The van der Waals surface area contributed by atoms with E-state index < -0.39 is 0 Å². The van der Waals surface area contributed by atoms with Gasteiger partial charge in [0.1, 0.15) is 10.6 Å². The van der Waals surface area contributed by atoms with Gasteiger partial charge in [-0.1, -0.05) is 49.0 Å². The number of aromatic nitrogens is 2. The molecule has 1 unspecified atom stereocenters. The molecule has 0 fully saturated rings. The Morgan fingerprint density at radius 3 is 2.89 bits per heavy atom. The minimum atomic E-state index is 0.105. The summed E-state index contributed by atoms with van der Waals surface area (Å²) in [6.45, 7) is 5.22. The Balaban J connectivity index is 1.63. The average Bonchev–Trinajstić information content (AvgIpc) is 3.04. The molecule has 1 aromatic carbocycles.